The van der Waals surface area contributed by atoms with Gasteiger partial charge >= 0.3 is 5.97 Å². The average Bonchev–Trinajstić information content (AvgIpc) is 3.09. The lowest BCUT2D eigenvalue weighted by atomic mass is 9.77. The number of cyclic esters (lactones) is 1. The Morgan fingerprint density at radius 2 is 1.60 bits per heavy atom. The van der Waals surface area contributed by atoms with Crippen LogP contribution in [0.5, 0.6) is 0 Å². The van der Waals surface area contributed by atoms with Crippen molar-refractivity contribution >= 4 is 12.4 Å². The molecule has 53 heavy (non-hydrogen) atoms. The number of aliphatic hydroxyl groups excluding tert-OH is 3. The van der Waals surface area contributed by atoms with Crippen molar-refractivity contribution in [3.05, 3.63) is 0 Å². The van der Waals surface area contributed by atoms with Crippen LogP contribution in [0, 0.1) is 17.8 Å². The molecule has 310 valence electrons. The number of rotatable bonds is 8. The first kappa shape index (κ1) is 45.9. The predicted octanol–water partition coefficient (Wildman–Crippen LogP) is 1.43. The van der Waals surface area contributed by atoms with Crippen molar-refractivity contribution in [1.29, 1.82) is 0 Å². The largest absolute Gasteiger partial charge is 0.459 e. The van der Waals surface area contributed by atoms with Gasteiger partial charge in [0.25, 0.3) is 0 Å². The number of carbonyl (C=O) groups is 2. The molecule has 15 nitrogen and oxygen atoms in total. The number of aliphatic hydroxyl groups is 5. The van der Waals surface area contributed by atoms with Gasteiger partial charge in [-0.25, -0.2) is 0 Å². The van der Waals surface area contributed by atoms with Crippen LogP contribution in [0.1, 0.15) is 94.9 Å². The van der Waals surface area contributed by atoms with Crippen molar-refractivity contribution in [2.75, 3.05) is 27.7 Å². The van der Waals surface area contributed by atoms with Crippen molar-refractivity contribution in [2.24, 2.45) is 17.8 Å². The number of ether oxygens (including phenoxy) is 6. The SMILES string of the molecule is CC[C@H]1OC(=O)[C@H](C)[C@H](O[C@H]2C[C@@](C)(OC)[C@@H](O)[C@H](C)O2)[C@H](C)[C@@H](O[C@@H]2O[C@H](C)C[C@H](N(C)C=O)[C@H]2O)[C@](C)(O)C[C@@H](C)CN(C)[C@H](C)[C@H](O)[C@]1(C)O. The minimum absolute atomic E-state index is 0.101. The molecule has 0 radical (unpaired) electrons. The van der Waals surface area contributed by atoms with E-state index in [1.54, 1.807) is 55.5 Å². The van der Waals surface area contributed by atoms with Crippen LogP contribution in [0.2, 0.25) is 0 Å². The summed E-state index contributed by atoms with van der Waals surface area (Å²) < 4.78 is 37.3. The maximum atomic E-state index is 14.2. The molecule has 1 amide bonds. The van der Waals surface area contributed by atoms with Crippen molar-refractivity contribution < 1.29 is 63.5 Å². The molecule has 15 heteroatoms. The fourth-order valence-corrected chi connectivity index (χ4v) is 8.71. The lowest BCUT2D eigenvalue weighted by Crippen LogP contribution is -2.60. The highest BCUT2D eigenvalue weighted by Crippen LogP contribution is 2.40. The van der Waals surface area contributed by atoms with Crippen LogP contribution in [0.3, 0.4) is 0 Å². The summed E-state index contributed by atoms with van der Waals surface area (Å²) in [5.74, 6) is -2.78. The van der Waals surface area contributed by atoms with Crippen LogP contribution >= 0.6 is 0 Å². The first-order chi connectivity index (χ1) is 24.4. The lowest BCUT2D eigenvalue weighted by Gasteiger charge is -2.48. The first-order valence-electron chi connectivity index (χ1n) is 19.2. The molecule has 3 fully saturated rings. The standard InChI is InChI=1S/C38H70N2O13/c1-14-27-38(10,47)31(43)24(6)39(11)18-20(2)16-36(8,46)33(53-35-29(42)26(40(12)19-41)15-21(3)49-35)22(4)30(23(5)34(45)51-27)52-28-17-37(9,48-13)32(44)25(7)50-28/h19-33,35,42-44,46-47H,14-18H2,1-13H3/t20-,21-,22+,23-,24-,25+,26+,27-,28+,29-,30-,31+,32+,33-,35+,36-,37-,38-/m1/s1. The second kappa shape index (κ2) is 18.2. The van der Waals surface area contributed by atoms with E-state index in [1.165, 1.54) is 18.9 Å². The van der Waals surface area contributed by atoms with E-state index < -0.39 is 108 Å². The van der Waals surface area contributed by atoms with Crippen LogP contribution in [0.4, 0.5) is 0 Å². The minimum atomic E-state index is -1.82. The molecule has 0 spiro atoms. The summed E-state index contributed by atoms with van der Waals surface area (Å²) in [5, 5.41) is 58.1. The molecule has 0 aromatic heterocycles. The van der Waals surface area contributed by atoms with E-state index in [1.807, 2.05) is 25.8 Å². The number of hydrogen-bond acceptors (Lipinski definition) is 14. The molecular formula is C38H70N2O13. The lowest BCUT2D eigenvalue weighted by molar-refractivity contribution is -0.317. The number of amides is 1. The fourth-order valence-electron chi connectivity index (χ4n) is 8.71. The summed E-state index contributed by atoms with van der Waals surface area (Å²) >= 11 is 0. The van der Waals surface area contributed by atoms with Crippen LogP contribution < -0.4 is 0 Å². The van der Waals surface area contributed by atoms with Gasteiger partial charge in [-0.1, -0.05) is 20.8 Å². The van der Waals surface area contributed by atoms with Gasteiger partial charge in [0.05, 0.1) is 47.6 Å². The summed E-state index contributed by atoms with van der Waals surface area (Å²) in [6.45, 7) is 17.6. The van der Waals surface area contributed by atoms with Crippen molar-refractivity contribution in [3.63, 3.8) is 0 Å². The molecule has 0 aliphatic carbocycles. The second-order valence-corrected chi connectivity index (χ2v) is 17.0. The number of likely N-dealkylation sites (N-methyl/N-ethyl adjacent to an activating group) is 2. The molecule has 0 bridgehead atoms. The van der Waals surface area contributed by atoms with Crippen LogP contribution in [-0.2, 0) is 38.0 Å². The van der Waals surface area contributed by atoms with Gasteiger partial charge in [0.15, 0.2) is 12.6 Å². The molecule has 0 saturated carbocycles. The third-order valence-electron chi connectivity index (χ3n) is 12.2. The second-order valence-electron chi connectivity index (χ2n) is 17.0. The van der Waals surface area contributed by atoms with E-state index in [-0.39, 0.29) is 25.2 Å². The Hall–Kier alpha value is -1.50. The van der Waals surface area contributed by atoms with Crippen molar-refractivity contribution in [2.45, 2.75) is 185 Å². The van der Waals surface area contributed by atoms with Gasteiger partial charge in [-0.15, -0.1) is 0 Å². The fraction of sp³-hybridized carbons (Fsp3) is 0.947. The normalized spacial score (nSPS) is 48.6. The topological polar surface area (TPSA) is 197 Å². The maximum Gasteiger partial charge on any atom is 0.311 e. The highest BCUT2D eigenvalue weighted by Gasteiger charge is 2.52. The highest BCUT2D eigenvalue weighted by atomic mass is 16.7. The van der Waals surface area contributed by atoms with Crippen molar-refractivity contribution in [1.82, 2.24) is 9.80 Å². The van der Waals surface area contributed by atoms with Crippen LogP contribution in [0.25, 0.3) is 0 Å². The summed E-state index contributed by atoms with van der Waals surface area (Å²) in [7, 11) is 4.88. The Morgan fingerprint density at radius 3 is 2.17 bits per heavy atom. The number of esters is 1. The molecule has 5 N–H and O–H groups in total. The van der Waals surface area contributed by atoms with Gasteiger partial charge in [0.2, 0.25) is 6.41 Å². The third-order valence-corrected chi connectivity index (χ3v) is 12.2. The van der Waals surface area contributed by atoms with E-state index in [4.69, 9.17) is 28.4 Å². The number of nitrogens with zero attached hydrogens (tertiary/aromatic N) is 2. The predicted molar refractivity (Wildman–Crippen MR) is 194 cm³/mol. The van der Waals surface area contributed by atoms with E-state index in [9.17, 15) is 35.1 Å². The van der Waals surface area contributed by atoms with Crippen LogP contribution in [-0.4, -0.2) is 166 Å². The highest BCUT2D eigenvalue weighted by molar-refractivity contribution is 5.73. The Balaban J connectivity index is 2.18. The summed E-state index contributed by atoms with van der Waals surface area (Å²) in [5.41, 5.74) is -4.50. The van der Waals surface area contributed by atoms with E-state index in [0.717, 1.165) is 0 Å². The smallest absolute Gasteiger partial charge is 0.311 e. The van der Waals surface area contributed by atoms with E-state index in [0.29, 0.717) is 19.4 Å². The molecule has 3 aliphatic rings. The molecule has 3 saturated heterocycles. The molecule has 0 aromatic carbocycles. The van der Waals surface area contributed by atoms with E-state index in [2.05, 4.69) is 0 Å². The molecule has 3 heterocycles. The quantitative estimate of drug-likeness (QED) is 0.176. The molecule has 3 aliphatic heterocycles. The third kappa shape index (κ3) is 10.3. The summed E-state index contributed by atoms with van der Waals surface area (Å²) in [6.07, 6.45) is -8.72. The summed E-state index contributed by atoms with van der Waals surface area (Å²) in [4.78, 5) is 29.2. The summed E-state index contributed by atoms with van der Waals surface area (Å²) in [6, 6.07) is -1.19. The zero-order chi connectivity index (χ0) is 40.4. The van der Waals surface area contributed by atoms with E-state index >= 15 is 0 Å². The van der Waals surface area contributed by atoms with Gasteiger partial charge in [0.1, 0.15) is 30.0 Å². The van der Waals surface area contributed by atoms with Crippen LogP contribution in [0.15, 0.2) is 0 Å². The molecule has 0 unspecified atom stereocenters. The maximum absolute atomic E-state index is 14.2. The van der Waals surface area contributed by atoms with Gasteiger partial charge in [-0.2, -0.15) is 0 Å². The molecule has 18 atom stereocenters. The molecule has 0 aromatic rings. The monoisotopic (exact) mass is 762 g/mol. The van der Waals surface area contributed by atoms with Gasteiger partial charge in [-0.3, -0.25) is 9.59 Å². The van der Waals surface area contributed by atoms with Crippen molar-refractivity contribution in [3.8, 4) is 0 Å². The van der Waals surface area contributed by atoms with Gasteiger partial charge < -0.3 is 63.8 Å². The zero-order valence-corrected chi connectivity index (χ0v) is 34.2. The average molecular weight is 763 g/mol. The Bertz CT molecular complexity index is 1190. The number of hydrogen-bond donors (Lipinski definition) is 5. The molecule has 3 rings (SSSR count). The zero-order valence-electron chi connectivity index (χ0n) is 34.2. The Morgan fingerprint density at radius 1 is 0.981 bits per heavy atom. The Kier molecular flexibility index (Phi) is 15.7. The number of methoxy groups -OCH3 is 1. The van der Waals surface area contributed by atoms with Gasteiger partial charge in [0, 0.05) is 39.1 Å². The first-order valence-corrected chi connectivity index (χ1v) is 19.2. The number of carbonyl (C=O) groups excluding carboxylic acids is 2. The Labute approximate surface area is 316 Å². The van der Waals surface area contributed by atoms with Gasteiger partial charge in [-0.05, 0) is 80.7 Å². The molecular weight excluding hydrogens is 692 g/mol. The minimum Gasteiger partial charge on any atom is -0.459 e.